The number of ether oxygens (including phenoxy) is 1. The molecule has 2 heterocycles. The van der Waals surface area contributed by atoms with E-state index in [2.05, 4.69) is 20.2 Å². The molecule has 1 amide bonds. The molecule has 0 unspecified atom stereocenters. The molecular weight excluding hydrogens is 364 g/mol. The second kappa shape index (κ2) is 9.19. The number of anilines is 1. The molecule has 6 nitrogen and oxygen atoms in total. The van der Waals surface area contributed by atoms with Crippen molar-refractivity contribution in [3.63, 3.8) is 0 Å². The first-order chi connectivity index (χ1) is 14.3. The Labute approximate surface area is 170 Å². The molecule has 1 fully saturated rings. The molecule has 1 aliphatic rings. The fourth-order valence-corrected chi connectivity index (χ4v) is 3.41. The lowest BCUT2D eigenvalue weighted by atomic mass is 10.1. The smallest absolute Gasteiger partial charge is 0.251 e. The van der Waals surface area contributed by atoms with E-state index in [1.54, 1.807) is 12.4 Å². The zero-order valence-electron chi connectivity index (χ0n) is 16.2. The van der Waals surface area contributed by atoms with Crippen LogP contribution in [0.1, 0.15) is 28.8 Å². The van der Waals surface area contributed by atoms with E-state index < -0.39 is 0 Å². The van der Waals surface area contributed by atoms with Gasteiger partial charge in [-0.1, -0.05) is 36.4 Å². The van der Waals surface area contributed by atoms with Crippen LogP contribution in [-0.4, -0.2) is 35.1 Å². The number of benzene rings is 2. The fraction of sp³-hybridized carbons (Fsp3) is 0.261. The largest absolute Gasteiger partial charge is 0.490 e. The predicted octanol–water partition coefficient (Wildman–Crippen LogP) is 3.45. The van der Waals surface area contributed by atoms with E-state index >= 15 is 0 Å². The van der Waals surface area contributed by atoms with Crippen molar-refractivity contribution in [3.8, 4) is 5.75 Å². The summed E-state index contributed by atoms with van der Waals surface area (Å²) in [4.78, 5) is 23.3. The van der Waals surface area contributed by atoms with Gasteiger partial charge in [-0.25, -0.2) is 9.97 Å². The van der Waals surface area contributed by atoms with Gasteiger partial charge in [0.25, 0.3) is 5.91 Å². The first kappa shape index (κ1) is 18.9. The van der Waals surface area contributed by atoms with Crippen LogP contribution >= 0.6 is 0 Å². The minimum absolute atomic E-state index is 0.102. The Morgan fingerprint density at radius 2 is 1.76 bits per heavy atom. The Kier molecular flexibility index (Phi) is 6.00. The quantitative estimate of drug-likeness (QED) is 0.701. The molecule has 0 atom stereocenters. The fourth-order valence-electron chi connectivity index (χ4n) is 3.41. The highest BCUT2D eigenvalue weighted by Gasteiger charge is 2.22. The van der Waals surface area contributed by atoms with Crippen LogP contribution in [0, 0.1) is 0 Å². The van der Waals surface area contributed by atoms with Gasteiger partial charge in [0, 0.05) is 50.4 Å². The molecule has 1 N–H and O–H groups in total. The molecule has 1 aromatic heterocycles. The van der Waals surface area contributed by atoms with Crippen LogP contribution in [0.2, 0.25) is 0 Å². The average molecular weight is 388 g/mol. The molecule has 29 heavy (non-hydrogen) atoms. The zero-order chi connectivity index (χ0) is 19.9. The number of aromatic nitrogens is 2. The van der Waals surface area contributed by atoms with Crippen molar-refractivity contribution >= 4 is 11.9 Å². The molecule has 3 aromatic rings. The molecule has 0 saturated carbocycles. The lowest BCUT2D eigenvalue weighted by Crippen LogP contribution is -2.39. The molecule has 0 radical (unpaired) electrons. The van der Waals surface area contributed by atoms with Crippen molar-refractivity contribution in [2.45, 2.75) is 25.5 Å². The van der Waals surface area contributed by atoms with Crippen molar-refractivity contribution in [1.82, 2.24) is 15.3 Å². The molecule has 0 aliphatic carbocycles. The minimum Gasteiger partial charge on any atom is -0.490 e. The highest BCUT2D eigenvalue weighted by Crippen LogP contribution is 2.22. The number of hydrogen-bond acceptors (Lipinski definition) is 5. The Morgan fingerprint density at radius 3 is 2.52 bits per heavy atom. The average Bonchev–Trinajstić information content (AvgIpc) is 2.79. The summed E-state index contributed by atoms with van der Waals surface area (Å²) < 4.78 is 6.15. The summed E-state index contributed by atoms with van der Waals surface area (Å²) in [7, 11) is 0. The zero-order valence-corrected chi connectivity index (χ0v) is 16.2. The van der Waals surface area contributed by atoms with Crippen LogP contribution in [0.3, 0.4) is 0 Å². The normalized spacial score (nSPS) is 14.4. The monoisotopic (exact) mass is 388 g/mol. The standard InChI is InChI=1S/C23H24N4O2/c28-22(26-17-18-6-2-1-3-7-18)19-8-4-9-21(16-19)29-20-10-14-27(15-11-20)23-24-12-5-13-25-23/h1-9,12-13,16,20H,10-11,14-15,17H2,(H,26,28). The van der Waals surface area contributed by atoms with E-state index in [1.165, 1.54) is 0 Å². The van der Waals surface area contributed by atoms with Gasteiger partial charge < -0.3 is 15.0 Å². The Bertz CT molecular complexity index is 926. The number of carbonyl (C=O) groups is 1. The van der Waals surface area contributed by atoms with Crippen LogP contribution in [-0.2, 0) is 6.54 Å². The minimum atomic E-state index is -0.102. The van der Waals surface area contributed by atoms with Gasteiger partial charge in [-0.3, -0.25) is 4.79 Å². The molecule has 4 rings (SSSR count). The molecule has 148 valence electrons. The lowest BCUT2D eigenvalue weighted by Gasteiger charge is -2.32. The summed E-state index contributed by atoms with van der Waals surface area (Å²) in [5, 5.41) is 2.96. The van der Waals surface area contributed by atoms with Gasteiger partial charge in [-0.15, -0.1) is 0 Å². The number of carbonyl (C=O) groups excluding carboxylic acids is 1. The maximum absolute atomic E-state index is 12.5. The number of nitrogens with one attached hydrogen (secondary N) is 1. The van der Waals surface area contributed by atoms with E-state index in [9.17, 15) is 4.79 Å². The van der Waals surface area contributed by atoms with Crippen LogP contribution in [0.15, 0.2) is 73.1 Å². The van der Waals surface area contributed by atoms with Crippen LogP contribution in [0.25, 0.3) is 0 Å². The van der Waals surface area contributed by atoms with Gasteiger partial charge in [-0.2, -0.15) is 0 Å². The van der Waals surface area contributed by atoms with E-state index in [0.29, 0.717) is 12.1 Å². The molecule has 0 bridgehead atoms. The molecule has 1 aliphatic heterocycles. The summed E-state index contributed by atoms with van der Waals surface area (Å²) in [6, 6.07) is 19.1. The summed E-state index contributed by atoms with van der Waals surface area (Å²) in [6.45, 7) is 2.21. The summed E-state index contributed by atoms with van der Waals surface area (Å²) in [5.41, 5.74) is 1.68. The Balaban J connectivity index is 1.30. The predicted molar refractivity (Wildman–Crippen MR) is 112 cm³/mol. The molecule has 1 saturated heterocycles. The molecule has 6 heteroatoms. The number of hydrogen-bond donors (Lipinski definition) is 1. The molecule has 2 aromatic carbocycles. The van der Waals surface area contributed by atoms with Gasteiger partial charge in [0.2, 0.25) is 5.95 Å². The molecular formula is C23H24N4O2. The summed E-state index contributed by atoms with van der Waals surface area (Å²) >= 11 is 0. The van der Waals surface area contributed by atoms with E-state index in [1.807, 2.05) is 60.7 Å². The third-order valence-corrected chi connectivity index (χ3v) is 4.97. The number of rotatable bonds is 6. The van der Waals surface area contributed by atoms with Gasteiger partial charge in [0.15, 0.2) is 0 Å². The summed E-state index contributed by atoms with van der Waals surface area (Å²) in [6.07, 6.45) is 5.43. The first-order valence-electron chi connectivity index (χ1n) is 9.89. The van der Waals surface area contributed by atoms with E-state index in [4.69, 9.17) is 4.74 Å². The van der Waals surface area contributed by atoms with Crippen LogP contribution in [0.5, 0.6) is 5.75 Å². The van der Waals surface area contributed by atoms with Gasteiger partial charge in [-0.05, 0) is 29.8 Å². The van der Waals surface area contributed by atoms with E-state index in [0.717, 1.165) is 43.2 Å². The third-order valence-electron chi connectivity index (χ3n) is 4.97. The highest BCUT2D eigenvalue weighted by molar-refractivity contribution is 5.94. The summed E-state index contributed by atoms with van der Waals surface area (Å²) in [5.74, 6) is 1.39. The number of amides is 1. The van der Waals surface area contributed by atoms with Crippen molar-refractivity contribution in [3.05, 3.63) is 84.2 Å². The lowest BCUT2D eigenvalue weighted by molar-refractivity contribution is 0.0949. The van der Waals surface area contributed by atoms with Crippen molar-refractivity contribution in [2.24, 2.45) is 0 Å². The number of piperidine rings is 1. The van der Waals surface area contributed by atoms with Gasteiger partial charge >= 0.3 is 0 Å². The highest BCUT2D eigenvalue weighted by atomic mass is 16.5. The SMILES string of the molecule is O=C(NCc1ccccc1)c1cccc(OC2CCN(c3ncccn3)CC2)c1. The van der Waals surface area contributed by atoms with Gasteiger partial charge in [0.1, 0.15) is 11.9 Å². The van der Waals surface area contributed by atoms with Crippen LogP contribution in [0.4, 0.5) is 5.95 Å². The van der Waals surface area contributed by atoms with Crippen LogP contribution < -0.4 is 15.0 Å². The maximum atomic E-state index is 12.5. The second-order valence-corrected chi connectivity index (χ2v) is 7.05. The van der Waals surface area contributed by atoms with Crippen molar-refractivity contribution in [1.29, 1.82) is 0 Å². The van der Waals surface area contributed by atoms with Crippen molar-refractivity contribution in [2.75, 3.05) is 18.0 Å². The molecule has 0 spiro atoms. The Morgan fingerprint density at radius 1 is 1.00 bits per heavy atom. The number of nitrogens with zero attached hydrogens (tertiary/aromatic N) is 3. The second-order valence-electron chi connectivity index (χ2n) is 7.05. The van der Waals surface area contributed by atoms with Crippen molar-refractivity contribution < 1.29 is 9.53 Å². The van der Waals surface area contributed by atoms with Gasteiger partial charge in [0.05, 0.1) is 0 Å². The Hall–Kier alpha value is -3.41. The third kappa shape index (κ3) is 5.10. The maximum Gasteiger partial charge on any atom is 0.251 e. The van der Waals surface area contributed by atoms with E-state index in [-0.39, 0.29) is 12.0 Å². The topological polar surface area (TPSA) is 67.3 Å². The first-order valence-corrected chi connectivity index (χ1v) is 9.89.